The monoisotopic (exact) mass is 828 g/mol. The third kappa shape index (κ3) is 5.75. The summed E-state index contributed by atoms with van der Waals surface area (Å²) in [5.41, 5.74) is 15.7. The summed E-state index contributed by atoms with van der Waals surface area (Å²) < 4.78 is 13.8. The zero-order valence-electron chi connectivity index (χ0n) is 37.3. The van der Waals surface area contributed by atoms with Crippen LogP contribution in [0.15, 0.2) is 173 Å². The van der Waals surface area contributed by atoms with Crippen molar-refractivity contribution >= 4 is 110 Å². The first-order valence-electron chi connectivity index (χ1n) is 22.3. The minimum absolute atomic E-state index is 0.0176. The number of nitrogens with zero attached hydrogens (tertiary/aromatic N) is 2. The molecular weight excluding hydrogens is 781 g/mol. The van der Waals surface area contributed by atoms with E-state index in [0.717, 1.165) is 88.8 Å². The fourth-order valence-corrected chi connectivity index (χ4v) is 10.2. The Kier molecular flexibility index (Phi) is 8.33. The second-order valence-corrected chi connectivity index (χ2v) is 18.8. The standard InChI is InChI=1S/C60H48N2O2/c1-35-22-24-37(3)50(30-35)61(48-18-12-16-44-42-14-8-10-20-54(42)63-58(44)48)52-34-53(47-29-27-40-33-41(60(5,6)7)32-39-26-28-46(52)57(47)56(39)40)62(51-31-36(2)23-25-38(51)4)49-19-13-17-45-43-15-9-11-21-55(43)64-59(45)49/h8-34H,1-7H3. The summed E-state index contributed by atoms with van der Waals surface area (Å²) in [6.45, 7) is 15.7. The van der Waals surface area contributed by atoms with E-state index in [0.29, 0.717) is 0 Å². The van der Waals surface area contributed by atoms with E-state index < -0.39 is 0 Å². The van der Waals surface area contributed by atoms with E-state index in [1.165, 1.54) is 49.4 Å². The molecule has 0 spiro atoms. The van der Waals surface area contributed by atoms with Crippen molar-refractivity contribution in [2.24, 2.45) is 0 Å². The highest BCUT2D eigenvalue weighted by molar-refractivity contribution is 6.29. The number of para-hydroxylation sites is 4. The maximum absolute atomic E-state index is 6.91. The largest absolute Gasteiger partial charge is 0.454 e. The Morgan fingerprint density at radius 3 is 1.28 bits per heavy atom. The van der Waals surface area contributed by atoms with Gasteiger partial charge in [-0.05, 0) is 120 Å². The number of anilines is 6. The van der Waals surface area contributed by atoms with E-state index in [1.807, 2.05) is 0 Å². The van der Waals surface area contributed by atoms with E-state index in [2.05, 4.69) is 222 Å². The van der Waals surface area contributed by atoms with E-state index in [-0.39, 0.29) is 5.41 Å². The molecule has 0 atom stereocenters. The molecule has 2 heterocycles. The number of benzene rings is 10. The van der Waals surface area contributed by atoms with Crippen molar-refractivity contribution in [3.63, 3.8) is 0 Å². The lowest BCUT2D eigenvalue weighted by molar-refractivity contribution is 0.591. The molecule has 0 unspecified atom stereocenters. The fraction of sp³-hybridized carbons (Fsp3) is 0.133. The van der Waals surface area contributed by atoms with Crippen LogP contribution < -0.4 is 9.80 Å². The van der Waals surface area contributed by atoms with Crippen LogP contribution in [-0.4, -0.2) is 0 Å². The van der Waals surface area contributed by atoms with Crippen LogP contribution in [0.25, 0.3) is 76.2 Å². The average molecular weight is 829 g/mol. The molecule has 12 aromatic rings. The average Bonchev–Trinajstić information content (AvgIpc) is 3.88. The van der Waals surface area contributed by atoms with E-state index >= 15 is 0 Å². The lowest BCUT2D eigenvalue weighted by Crippen LogP contribution is -2.16. The minimum Gasteiger partial charge on any atom is -0.454 e. The van der Waals surface area contributed by atoms with Crippen LogP contribution in [-0.2, 0) is 5.41 Å². The van der Waals surface area contributed by atoms with Crippen molar-refractivity contribution in [3.05, 3.63) is 192 Å². The van der Waals surface area contributed by atoms with Gasteiger partial charge in [0.15, 0.2) is 11.2 Å². The van der Waals surface area contributed by atoms with Gasteiger partial charge < -0.3 is 18.6 Å². The zero-order chi connectivity index (χ0) is 43.6. The Hall–Kier alpha value is -7.56. The minimum atomic E-state index is -0.0176. The number of rotatable bonds is 6. The number of aryl methyl sites for hydroxylation is 4. The van der Waals surface area contributed by atoms with Crippen molar-refractivity contribution in [1.82, 2.24) is 0 Å². The van der Waals surface area contributed by atoms with E-state index in [1.54, 1.807) is 0 Å². The number of furan rings is 2. The summed E-state index contributed by atoms with van der Waals surface area (Å²) in [5.74, 6) is 0. The van der Waals surface area contributed by atoms with Crippen molar-refractivity contribution in [2.75, 3.05) is 9.80 Å². The number of hydrogen-bond acceptors (Lipinski definition) is 4. The second kappa shape index (κ2) is 14.0. The van der Waals surface area contributed by atoms with Gasteiger partial charge in [-0.25, -0.2) is 0 Å². The second-order valence-electron chi connectivity index (χ2n) is 18.8. The van der Waals surface area contributed by atoms with E-state index in [9.17, 15) is 0 Å². The molecule has 0 saturated carbocycles. The molecule has 10 aromatic carbocycles. The Bertz CT molecular complexity index is 3600. The quantitative estimate of drug-likeness (QED) is 0.156. The summed E-state index contributed by atoms with van der Waals surface area (Å²) in [5, 5.41) is 11.7. The van der Waals surface area contributed by atoms with Gasteiger partial charge >= 0.3 is 0 Å². The first-order valence-corrected chi connectivity index (χ1v) is 22.3. The van der Waals surface area contributed by atoms with Gasteiger partial charge in [0.2, 0.25) is 0 Å². The summed E-state index contributed by atoms with van der Waals surface area (Å²) in [4.78, 5) is 4.93. The third-order valence-corrected chi connectivity index (χ3v) is 13.5. The molecule has 2 aromatic heterocycles. The summed E-state index contributed by atoms with van der Waals surface area (Å²) in [6, 6.07) is 60.1. The molecule has 0 aliphatic rings. The van der Waals surface area contributed by atoms with Gasteiger partial charge in [0.1, 0.15) is 11.2 Å². The van der Waals surface area contributed by atoms with Crippen molar-refractivity contribution in [3.8, 4) is 0 Å². The molecule has 0 N–H and O–H groups in total. The molecule has 4 nitrogen and oxygen atoms in total. The van der Waals surface area contributed by atoms with Gasteiger partial charge in [0.05, 0.1) is 22.7 Å². The summed E-state index contributed by atoms with van der Waals surface area (Å²) >= 11 is 0. The van der Waals surface area contributed by atoms with Gasteiger partial charge in [0.25, 0.3) is 0 Å². The van der Waals surface area contributed by atoms with Gasteiger partial charge in [-0.2, -0.15) is 0 Å². The van der Waals surface area contributed by atoms with Crippen molar-refractivity contribution < 1.29 is 8.83 Å². The lowest BCUT2D eigenvalue weighted by Gasteiger charge is -2.33. The van der Waals surface area contributed by atoms with Crippen LogP contribution >= 0.6 is 0 Å². The molecule has 0 amide bonds. The Balaban J connectivity index is 1.28. The van der Waals surface area contributed by atoms with Crippen LogP contribution in [0.2, 0.25) is 0 Å². The maximum Gasteiger partial charge on any atom is 0.159 e. The Labute approximate surface area is 372 Å². The summed E-state index contributed by atoms with van der Waals surface area (Å²) in [7, 11) is 0. The Morgan fingerprint density at radius 1 is 0.359 bits per heavy atom. The summed E-state index contributed by atoms with van der Waals surface area (Å²) in [6.07, 6.45) is 0. The maximum atomic E-state index is 6.91. The first-order chi connectivity index (χ1) is 31.0. The highest BCUT2D eigenvalue weighted by atomic mass is 16.3. The van der Waals surface area contributed by atoms with Gasteiger partial charge in [-0.15, -0.1) is 0 Å². The molecule has 310 valence electrons. The molecule has 0 fully saturated rings. The topological polar surface area (TPSA) is 32.8 Å². The SMILES string of the molecule is Cc1ccc(C)c(N(c2cc(N(c3cc(C)ccc3C)c3cccc4c3oc3ccccc34)c3ccc4cc(C(C)(C)C)cc5ccc2c3c54)c2cccc3c2oc2ccccc23)c1. The number of hydrogen-bond donors (Lipinski definition) is 0. The first kappa shape index (κ1) is 38.1. The van der Waals surface area contributed by atoms with Crippen LogP contribution in [0.3, 0.4) is 0 Å². The van der Waals surface area contributed by atoms with Crippen LogP contribution in [0, 0.1) is 27.7 Å². The van der Waals surface area contributed by atoms with Crippen LogP contribution in [0.4, 0.5) is 34.1 Å². The molecule has 0 radical (unpaired) electrons. The molecule has 0 aliphatic heterocycles. The van der Waals surface area contributed by atoms with Gasteiger partial charge in [-0.3, -0.25) is 0 Å². The zero-order valence-corrected chi connectivity index (χ0v) is 37.3. The smallest absolute Gasteiger partial charge is 0.159 e. The molecule has 0 aliphatic carbocycles. The van der Waals surface area contributed by atoms with Crippen molar-refractivity contribution in [2.45, 2.75) is 53.9 Å². The van der Waals surface area contributed by atoms with Gasteiger partial charge in [-0.1, -0.05) is 142 Å². The predicted molar refractivity (Wildman–Crippen MR) is 272 cm³/mol. The molecule has 4 heteroatoms. The van der Waals surface area contributed by atoms with Crippen molar-refractivity contribution in [1.29, 1.82) is 0 Å². The highest BCUT2D eigenvalue weighted by Crippen LogP contribution is 2.53. The normalized spacial score (nSPS) is 12.3. The molecule has 0 bridgehead atoms. The van der Waals surface area contributed by atoms with Gasteiger partial charge in [0, 0.05) is 49.1 Å². The molecule has 64 heavy (non-hydrogen) atoms. The molecule has 12 rings (SSSR count). The van der Waals surface area contributed by atoms with Crippen LogP contribution in [0.5, 0.6) is 0 Å². The van der Waals surface area contributed by atoms with Crippen LogP contribution in [0.1, 0.15) is 48.6 Å². The highest BCUT2D eigenvalue weighted by Gasteiger charge is 2.29. The Morgan fingerprint density at radius 2 is 0.812 bits per heavy atom. The molecular formula is C60H48N2O2. The lowest BCUT2D eigenvalue weighted by atomic mass is 9.83. The predicted octanol–water partition coefficient (Wildman–Crippen LogP) is 17.9. The molecule has 0 saturated heterocycles. The van der Waals surface area contributed by atoms with E-state index in [4.69, 9.17) is 8.83 Å². The fourth-order valence-electron chi connectivity index (χ4n) is 10.2. The number of fused-ring (bicyclic) bond motifs is 6. The third-order valence-electron chi connectivity index (χ3n) is 13.5.